The number of carbonyl (C=O) groups excluding carboxylic acids is 1. The van der Waals surface area contributed by atoms with E-state index in [1.165, 1.54) is 0 Å². The highest BCUT2D eigenvalue weighted by molar-refractivity contribution is 6.35. The lowest BCUT2D eigenvalue weighted by molar-refractivity contribution is 0.0944. The molecule has 0 aliphatic rings. The minimum atomic E-state index is -0.110. The van der Waals surface area contributed by atoms with Crippen molar-refractivity contribution in [2.45, 2.75) is 20.4 Å². The van der Waals surface area contributed by atoms with Crippen LogP contribution in [0.3, 0.4) is 0 Å². The molecule has 3 aromatic rings. The molecule has 1 N–H and O–H groups in total. The summed E-state index contributed by atoms with van der Waals surface area (Å²) in [7, 11) is 1.87. The molecule has 0 fully saturated rings. The van der Waals surface area contributed by atoms with E-state index in [2.05, 4.69) is 10.4 Å². The fourth-order valence-corrected chi connectivity index (χ4v) is 3.03. The molecule has 6 heteroatoms. The van der Waals surface area contributed by atoms with Gasteiger partial charge < -0.3 is 9.88 Å². The lowest BCUT2D eigenvalue weighted by Crippen LogP contribution is -2.29. The van der Waals surface area contributed by atoms with E-state index in [-0.39, 0.29) is 5.91 Å². The summed E-state index contributed by atoms with van der Waals surface area (Å²) in [5, 5.41) is 8.87. The lowest BCUT2D eigenvalue weighted by Gasteiger charge is -2.08. The third kappa shape index (κ3) is 2.97. The number of benzene rings is 1. The smallest absolute Gasteiger partial charge is 0.267 e. The fraction of sp³-hybridized carbons (Fsp3) is 0.294. The summed E-state index contributed by atoms with van der Waals surface area (Å²) >= 11 is 6.19. The second kappa shape index (κ2) is 6.08. The number of fused-ring (bicyclic) bond motifs is 1. The van der Waals surface area contributed by atoms with Gasteiger partial charge >= 0.3 is 0 Å². The molecule has 5 nitrogen and oxygen atoms in total. The topological polar surface area (TPSA) is 51.9 Å². The zero-order chi connectivity index (χ0) is 16.6. The summed E-state index contributed by atoms with van der Waals surface area (Å²) in [4.78, 5) is 12.4. The van der Waals surface area contributed by atoms with Gasteiger partial charge in [0, 0.05) is 35.2 Å². The number of aromatic nitrogens is 3. The zero-order valence-electron chi connectivity index (χ0n) is 13.4. The van der Waals surface area contributed by atoms with E-state index >= 15 is 0 Å². The molecule has 1 aromatic carbocycles. The summed E-state index contributed by atoms with van der Waals surface area (Å²) < 4.78 is 3.76. The first kappa shape index (κ1) is 15.6. The number of nitrogens with one attached hydrogen (secondary N) is 1. The Kier molecular flexibility index (Phi) is 4.13. The van der Waals surface area contributed by atoms with E-state index < -0.39 is 0 Å². The predicted molar refractivity (Wildman–Crippen MR) is 92.0 cm³/mol. The number of carbonyl (C=O) groups is 1. The van der Waals surface area contributed by atoms with Gasteiger partial charge in [-0.3, -0.25) is 9.48 Å². The SMILES string of the molecule is Cc1cc(C)n(CCNC(=O)c2cc3c(Cl)cccc3n2C)n1. The van der Waals surface area contributed by atoms with Gasteiger partial charge in [-0.2, -0.15) is 5.10 Å². The molecular weight excluding hydrogens is 312 g/mol. The van der Waals surface area contributed by atoms with Crippen molar-refractivity contribution in [1.29, 1.82) is 0 Å². The van der Waals surface area contributed by atoms with Gasteiger partial charge in [-0.1, -0.05) is 17.7 Å². The summed E-state index contributed by atoms with van der Waals surface area (Å²) in [6, 6.07) is 9.52. The third-order valence-corrected chi connectivity index (χ3v) is 4.31. The van der Waals surface area contributed by atoms with Crippen LogP contribution in [0.25, 0.3) is 10.9 Å². The van der Waals surface area contributed by atoms with Gasteiger partial charge in [0.15, 0.2) is 0 Å². The van der Waals surface area contributed by atoms with Gasteiger partial charge in [-0.15, -0.1) is 0 Å². The maximum atomic E-state index is 12.4. The van der Waals surface area contributed by atoms with Crippen LogP contribution in [0.15, 0.2) is 30.3 Å². The molecule has 2 aromatic heterocycles. The molecule has 0 spiro atoms. The Morgan fingerprint density at radius 3 is 2.74 bits per heavy atom. The van der Waals surface area contributed by atoms with Crippen molar-refractivity contribution in [2.75, 3.05) is 6.54 Å². The molecule has 3 rings (SSSR count). The number of halogens is 1. The third-order valence-electron chi connectivity index (χ3n) is 3.98. The number of hydrogen-bond donors (Lipinski definition) is 1. The standard InChI is InChI=1S/C17H19ClN4O/c1-11-9-12(2)22(20-11)8-7-19-17(23)16-10-13-14(18)5-4-6-15(13)21(16)3/h4-6,9-10H,7-8H2,1-3H3,(H,19,23). The highest BCUT2D eigenvalue weighted by Crippen LogP contribution is 2.26. The number of aryl methyl sites for hydroxylation is 3. The Morgan fingerprint density at radius 1 is 1.30 bits per heavy atom. The van der Waals surface area contributed by atoms with Gasteiger partial charge in [0.1, 0.15) is 5.69 Å². The van der Waals surface area contributed by atoms with Gasteiger partial charge in [0.05, 0.1) is 12.2 Å². The first-order valence-corrected chi connectivity index (χ1v) is 7.88. The van der Waals surface area contributed by atoms with Gasteiger partial charge in [0.25, 0.3) is 5.91 Å². The predicted octanol–water partition coefficient (Wildman–Crippen LogP) is 3.08. The van der Waals surface area contributed by atoms with E-state index in [0.29, 0.717) is 23.8 Å². The Labute approximate surface area is 139 Å². The molecule has 23 heavy (non-hydrogen) atoms. The maximum absolute atomic E-state index is 12.4. The molecule has 2 heterocycles. The van der Waals surface area contributed by atoms with Crippen molar-refractivity contribution in [3.05, 3.63) is 52.4 Å². The molecular formula is C17H19ClN4O. The van der Waals surface area contributed by atoms with E-state index in [0.717, 1.165) is 22.3 Å². The van der Waals surface area contributed by atoms with Crippen LogP contribution in [-0.2, 0) is 13.6 Å². The van der Waals surface area contributed by atoms with Crippen molar-refractivity contribution in [2.24, 2.45) is 7.05 Å². The van der Waals surface area contributed by atoms with E-state index in [1.807, 2.05) is 60.5 Å². The van der Waals surface area contributed by atoms with Crippen molar-refractivity contribution in [3.63, 3.8) is 0 Å². The number of rotatable bonds is 4. The van der Waals surface area contributed by atoms with Crippen LogP contribution in [0.5, 0.6) is 0 Å². The Balaban J connectivity index is 1.72. The van der Waals surface area contributed by atoms with Crippen molar-refractivity contribution < 1.29 is 4.79 Å². The Hall–Kier alpha value is -2.27. The molecule has 0 bridgehead atoms. The second-order valence-corrected chi connectivity index (χ2v) is 6.07. The lowest BCUT2D eigenvalue weighted by atomic mass is 10.2. The molecule has 0 aliphatic carbocycles. The van der Waals surface area contributed by atoms with Crippen LogP contribution in [0.1, 0.15) is 21.9 Å². The van der Waals surface area contributed by atoms with E-state index in [4.69, 9.17) is 11.6 Å². The Morgan fingerprint density at radius 2 is 2.09 bits per heavy atom. The highest BCUT2D eigenvalue weighted by Gasteiger charge is 2.14. The second-order valence-electron chi connectivity index (χ2n) is 5.67. The quantitative estimate of drug-likeness (QED) is 0.799. The first-order valence-electron chi connectivity index (χ1n) is 7.50. The van der Waals surface area contributed by atoms with Crippen LogP contribution in [0.4, 0.5) is 0 Å². The van der Waals surface area contributed by atoms with Crippen LogP contribution in [0, 0.1) is 13.8 Å². The van der Waals surface area contributed by atoms with Crippen LogP contribution >= 0.6 is 11.6 Å². The van der Waals surface area contributed by atoms with Crippen LogP contribution in [-0.4, -0.2) is 26.8 Å². The summed E-state index contributed by atoms with van der Waals surface area (Å²) in [5.74, 6) is -0.110. The Bertz CT molecular complexity index is 878. The number of amides is 1. The molecule has 0 unspecified atom stereocenters. The zero-order valence-corrected chi connectivity index (χ0v) is 14.2. The van der Waals surface area contributed by atoms with Crippen molar-refractivity contribution in [1.82, 2.24) is 19.7 Å². The summed E-state index contributed by atoms with van der Waals surface area (Å²) in [5.41, 5.74) is 3.62. The molecule has 0 aliphatic heterocycles. The number of nitrogens with zero attached hydrogens (tertiary/aromatic N) is 3. The number of hydrogen-bond acceptors (Lipinski definition) is 2. The normalized spacial score (nSPS) is 11.1. The minimum absolute atomic E-state index is 0.110. The molecule has 120 valence electrons. The minimum Gasteiger partial charge on any atom is -0.349 e. The average molecular weight is 331 g/mol. The van der Waals surface area contributed by atoms with Crippen LogP contribution in [0.2, 0.25) is 5.02 Å². The van der Waals surface area contributed by atoms with Crippen LogP contribution < -0.4 is 5.32 Å². The molecule has 0 atom stereocenters. The van der Waals surface area contributed by atoms with E-state index in [1.54, 1.807) is 0 Å². The largest absolute Gasteiger partial charge is 0.349 e. The van der Waals surface area contributed by atoms with Gasteiger partial charge in [-0.05, 0) is 38.1 Å². The van der Waals surface area contributed by atoms with E-state index in [9.17, 15) is 4.79 Å². The average Bonchev–Trinajstić information content (AvgIpc) is 3.00. The highest BCUT2D eigenvalue weighted by atomic mass is 35.5. The molecule has 0 saturated carbocycles. The molecule has 0 saturated heterocycles. The maximum Gasteiger partial charge on any atom is 0.267 e. The molecule has 0 radical (unpaired) electrons. The first-order chi connectivity index (χ1) is 11.0. The molecule has 1 amide bonds. The van der Waals surface area contributed by atoms with Gasteiger partial charge in [0.2, 0.25) is 0 Å². The summed E-state index contributed by atoms with van der Waals surface area (Å²) in [6.45, 7) is 5.14. The summed E-state index contributed by atoms with van der Waals surface area (Å²) in [6.07, 6.45) is 0. The van der Waals surface area contributed by atoms with Gasteiger partial charge in [-0.25, -0.2) is 0 Å². The monoisotopic (exact) mass is 330 g/mol. The van der Waals surface area contributed by atoms with Crippen molar-refractivity contribution >= 4 is 28.4 Å². The van der Waals surface area contributed by atoms with Crippen molar-refractivity contribution in [3.8, 4) is 0 Å². The fourth-order valence-electron chi connectivity index (χ4n) is 2.81.